The van der Waals surface area contributed by atoms with E-state index in [-0.39, 0.29) is 5.82 Å². The molecule has 0 amide bonds. The molecule has 0 saturated carbocycles. The second-order valence-electron chi connectivity index (χ2n) is 4.86. The molecule has 1 aromatic heterocycles. The molecule has 0 aliphatic rings. The van der Waals surface area contributed by atoms with Crippen LogP contribution in [0.2, 0.25) is 5.02 Å². The van der Waals surface area contributed by atoms with Gasteiger partial charge in [0.25, 0.3) is 0 Å². The molecule has 2 aromatic rings. The van der Waals surface area contributed by atoms with Crippen LogP contribution in [-0.4, -0.2) is 6.54 Å². The zero-order valence-electron chi connectivity index (χ0n) is 12.1. The van der Waals surface area contributed by atoms with E-state index in [0.717, 1.165) is 29.8 Å². The van der Waals surface area contributed by atoms with Crippen molar-refractivity contribution >= 4 is 38.9 Å². The number of halogens is 3. The molecule has 5 heteroatoms. The van der Waals surface area contributed by atoms with Crippen LogP contribution in [0.4, 0.5) is 4.39 Å². The Labute approximate surface area is 142 Å². The summed E-state index contributed by atoms with van der Waals surface area (Å²) in [5.74, 6) is -0.330. The van der Waals surface area contributed by atoms with Crippen molar-refractivity contribution in [3.8, 4) is 10.4 Å². The summed E-state index contributed by atoms with van der Waals surface area (Å²) in [5, 5.41) is 3.98. The summed E-state index contributed by atoms with van der Waals surface area (Å²) >= 11 is 11.3. The minimum Gasteiger partial charge on any atom is -0.309 e. The zero-order valence-corrected chi connectivity index (χ0v) is 15.2. The summed E-state index contributed by atoms with van der Waals surface area (Å²) in [6.07, 6.45) is 2.16. The Morgan fingerprint density at radius 1 is 1.33 bits per heavy atom. The molecule has 1 N–H and O–H groups in total. The maximum absolute atomic E-state index is 13.3. The molecule has 1 aromatic carbocycles. The molecule has 1 atom stereocenters. The monoisotopic (exact) mass is 389 g/mol. The molecule has 0 aliphatic heterocycles. The predicted molar refractivity (Wildman–Crippen MR) is 93.7 cm³/mol. The first-order valence-corrected chi connectivity index (χ1v) is 9.03. The Morgan fingerprint density at radius 3 is 2.71 bits per heavy atom. The lowest BCUT2D eigenvalue weighted by molar-refractivity contribution is 0.525. The van der Waals surface area contributed by atoms with E-state index in [1.165, 1.54) is 17.0 Å². The van der Waals surface area contributed by atoms with Gasteiger partial charge in [-0.25, -0.2) is 4.39 Å². The fraction of sp³-hybridized carbons (Fsp3) is 0.375. The summed E-state index contributed by atoms with van der Waals surface area (Å²) in [6, 6.07) is 7.35. The highest BCUT2D eigenvalue weighted by Crippen LogP contribution is 2.40. The first-order valence-electron chi connectivity index (χ1n) is 7.04. The Morgan fingerprint density at radius 2 is 2.10 bits per heavy atom. The van der Waals surface area contributed by atoms with Crippen molar-refractivity contribution in [2.75, 3.05) is 6.54 Å². The molecule has 1 nitrogen and oxygen atoms in total. The summed E-state index contributed by atoms with van der Waals surface area (Å²) in [5.41, 5.74) is 0.861. The molecule has 0 saturated heterocycles. The number of nitrogens with one attached hydrogen (secondary N) is 1. The largest absolute Gasteiger partial charge is 0.309 e. The second-order valence-corrected chi connectivity index (χ2v) is 7.24. The molecule has 0 spiro atoms. The SMILES string of the molecule is CCCNC(CC)c1ccc(-c2c(Cl)cc(F)cc2Br)s1. The van der Waals surface area contributed by atoms with Gasteiger partial charge in [0.05, 0.1) is 5.02 Å². The van der Waals surface area contributed by atoms with Gasteiger partial charge in [-0.05, 0) is 59.6 Å². The molecule has 1 unspecified atom stereocenters. The van der Waals surface area contributed by atoms with Crippen molar-refractivity contribution in [3.63, 3.8) is 0 Å². The van der Waals surface area contributed by atoms with Gasteiger partial charge in [0.2, 0.25) is 0 Å². The topological polar surface area (TPSA) is 12.0 Å². The molecular weight excluding hydrogens is 373 g/mol. The fourth-order valence-electron chi connectivity index (χ4n) is 2.22. The molecule has 2 rings (SSSR count). The van der Waals surface area contributed by atoms with Gasteiger partial charge >= 0.3 is 0 Å². The third kappa shape index (κ3) is 4.07. The van der Waals surface area contributed by atoms with Crippen LogP contribution in [0.3, 0.4) is 0 Å². The van der Waals surface area contributed by atoms with Crippen LogP contribution in [0.25, 0.3) is 10.4 Å². The summed E-state index contributed by atoms with van der Waals surface area (Å²) in [4.78, 5) is 2.34. The van der Waals surface area contributed by atoms with E-state index < -0.39 is 0 Å². The van der Waals surface area contributed by atoms with Crippen molar-refractivity contribution < 1.29 is 4.39 Å². The zero-order chi connectivity index (χ0) is 15.4. The Balaban J connectivity index is 2.31. The molecule has 0 aliphatic carbocycles. The first kappa shape index (κ1) is 16.9. The highest BCUT2D eigenvalue weighted by Gasteiger charge is 2.16. The highest BCUT2D eigenvalue weighted by molar-refractivity contribution is 9.10. The molecule has 21 heavy (non-hydrogen) atoms. The van der Waals surface area contributed by atoms with Crippen molar-refractivity contribution in [1.29, 1.82) is 0 Å². The lowest BCUT2D eigenvalue weighted by Gasteiger charge is -2.14. The van der Waals surface area contributed by atoms with Crippen molar-refractivity contribution in [2.24, 2.45) is 0 Å². The third-order valence-corrected chi connectivity index (χ3v) is 5.41. The molecule has 0 fully saturated rings. The molecule has 0 bridgehead atoms. The summed E-state index contributed by atoms with van der Waals surface area (Å²) in [7, 11) is 0. The van der Waals surface area contributed by atoms with Crippen LogP contribution in [0.1, 0.15) is 37.6 Å². The third-order valence-electron chi connectivity index (χ3n) is 3.27. The second kappa shape index (κ2) is 7.73. The summed E-state index contributed by atoms with van der Waals surface area (Å²) < 4.78 is 14.0. The number of thiophene rings is 1. The van der Waals surface area contributed by atoms with Gasteiger partial charge in [-0.1, -0.05) is 25.4 Å². The van der Waals surface area contributed by atoms with Gasteiger partial charge in [-0.2, -0.15) is 0 Å². The maximum Gasteiger partial charge on any atom is 0.125 e. The van der Waals surface area contributed by atoms with Gasteiger partial charge in [0.15, 0.2) is 0 Å². The Bertz CT molecular complexity index is 591. The number of hydrogen-bond acceptors (Lipinski definition) is 2. The molecule has 0 radical (unpaired) electrons. The fourth-order valence-corrected chi connectivity index (χ4v) is 4.71. The number of benzene rings is 1. The average Bonchev–Trinajstić information content (AvgIpc) is 2.88. The van der Waals surface area contributed by atoms with E-state index in [1.807, 2.05) is 0 Å². The smallest absolute Gasteiger partial charge is 0.125 e. The Hall–Kier alpha value is -0.420. The van der Waals surface area contributed by atoms with Gasteiger partial charge in [0.1, 0.15) is 5.82 Å². The van der Waals surface area contributed by atoms with E-state index in [4.69, 9.17) is 11.6 Å². The van der Waals surface area contributed by atoms with E-state index >= 15 is 0 Å². The van der Waals surface area contributed by atoms with Crippen LogP contribution in [-0.2, 0) is 0 Å². The maximum atomic E-state index is 13.3. The molecular formula is C16H18BrClFNS. The minimum atomic E-state index is -0.330. The van der Waals surface area contributed by atoms with Crippen molar-refractivity contribution in [2.45, 2.75) is 32.7 Å². The standard InChI is InChI=1S/C16H18BrClFNS/c1-3-7-20-13(4-2)14-5-6-15(21-14)16-11(17)8-10(19)9-12(16)18/h5-6,8-9,13,20H,3-4,7H2,1-2H3. The van der Waals surface area contributed by atoms with E-state index in [9.17, 15) is 4.39 Å². The summed E-state index contributed by atoms with van der Waals surface area (Å²) in [6.45, 7) is 5.34. The number of hydrogen-bond donors (Lipinski definition) is 1. The predicted octanol–water partition coefficient (Wildman–Crippen LogP) is 6.42. The van der Waals surface area contributed by atoms with E-state index in [1.54, 1.807) is 11.3 Å². The van der Waals surface area contributed by atoms with Crippen molar-refractivity contribution in [3.05, 3.63) is 44.5 Å². The average molecular weight is 391 g/mol. The molecule has 114 valence electrons. The number of rotatable bonds is 6. The van der Waals surface area contributed by atoms with Crippen molar-refractivity contribution in [1.82, 2.24) is 5.32 Å². The van der Waals surface area contributed by atoms with Crippen LogP contribution >= 0.6 is 38.9 Å². The lowest BCUT2D eigenvalue weighted by atomic mass is 10.1. The van der Waals surface area contributed by atoms with Crippen LogP contribution in [0.5, 0.6) is 0 Å². The van der Waals surface area contributed by atoms with Gasteiger partial charge in [0, 0.05) is 25.8 Å². The quantitative estimate of drug-likeness (QED) is 0.600. The Kier molecular flexibility index (Phi) is 6.23. The lowest BCUT2D eigenvalue weighted by Crippen LogP contribution is -2.20. The van der Waals surface area contributed by atoms with Crippen LogP contribution in [0.15, 0.2) is 28.7 Å². The normalized spacial score (nSPS) is 12.6. The van der Waals surface area contributed by atoms with Gasteiger partial charge in [-0.15, -0.1) is 11.3 Å². The molecule has 1 heterocycles. The van der Waals surface area contributed by atoms with Gasteiger partial charge in [-0.3, -0.25) is 0 Å². The minimum absolute atomic E-state index is 0.330. The van der Waals surface area contributed by atoms with Crippen LogP contribution in [0, 0.1) is 5.82 Å². The van der Waals surface area contributed by atoms with Gasteiger partial charge < -0.3 is 5.32 Å². The first-order chi connectivity index (χ1) is 10.1. The van der Waals surface area contributed by atoms with E-state index in [2.05, 4.69) is 47.2 Å². The van der Waals surface area contributed by atoms with Crippen LogP contribution < -0.4 is 5.32 Å². The van der Waals surface area contributed by atoms with E-state index in [0.29, 0.717) is 15.5 Å². The highest BCUT2D eigenvalue weighted by atomic mass is 79.9.